The van der Waals surface area contributed by atoms with Gasteiger partial charge in [0.1, 0.15) is 5.82 Å². The zero-order valence-electron chi connectivity index (χ0n) is 9.84. The third kappa shape index (κ3) is 2.52. The number of nitrogens with zero attached hydrogens (tertiary/aromatic N) is 2. The topological polar surface area (TPSA) is 77.3 Å². The molecule has 0 radical (unpaired) electrons. The number of nitrogens with one attached hydrogen (secondary N) is 1. The van der Waals surface area contributed by atoms with Gasteiger partial charge in [0.2, 0.25) is 0 Å². The van der Waals surface area contributed by atoms with Crippen molar-refractivity contribution >= 4 is 11.5 Å². The molecule has 0 bridgehead atoms. The molecule has 1 fully saturated rings. The first-order chi connectivity index (χ1) is 8.08. The lowest BCUT2D eigenvalue weighted by atomic mass is 10.1. The maximum atomic E-state index is 10.8. The summed E-state index contributed by atoms with van der Waals surface area (Å²) in [5.41, 5.74) is 0.658. The van der Waals surface area contributed by atoms with Gasteiger partial charge in [-0.25, -0.2) is 4.98 Å². The molecule has 1 aliphatic rings. The lowest BCUT2D eigenvalue weighted by Crippen LogP contribution is -2.27. The number of aryl methyl sites for hydroxylation is 1. The first-order valence-electron chi connectivity index (χ1n) is 5.57. The van der Waals surface area contributed by atoms with Crippen LogP contribution in [0, 0.1) is 17.0 Å². The Kier molecular flexibility index (Phi) is 3.23. The minimum atomic E-state index is -0.392. The monoisotopic (exact) mass is 237 g/mol. The van der Waals surface area contributed by atoms with E-state index in [-0.39, 0.29) is 17.8 Å². The van der Waals surface area contributed by atoms with E-state index in [4.69, 9.17) is 4.74 Å². The molecule has 0 amide bonds. The van der Waals surface area contributed by atoms with Crippen LogP contribution in [0.1, 0.15) is 18.9 Å². The third-order valence-electron chi connectivity index (χ3n) is 2.98. The number of hydrogen-bond acceptors (Lipinski definition) is 5. The number of ether oxygens (including phenoxy) is 1. The highest BCUT2D eigenvalue weighted by Gasteiger charge is 2.24. The van der Waals surface area contributed by atoms with E-state index in [1.165, 1.54) is 12.3 Å². The number of anilines is 1. The molecule has 92 valence electrons. The van der Waals surface area contributed by atoms with E-state index >= 15 is 0 Å². The fourth-order valence-corrected chi connectivity index (χ4v) is 1.90. The van der Waals surface area contributed by atoms with Gasteiger partial charge >= 0.3 is 0 Å². The molecule has 6 nitrogen and oxygen atoms in total. The Labute approximate surface area is 99.2 Å². The van der Waals surface area contributed by atoms with E-state index in [2.05, 4.69) is 10.3 Å². The van der Waals surface area contributed by atoms with Crippen LogP contribution in [0.5, 0.6) is 0 Å². The molecule has 0 spiro atoms. The number of aromatic nitrogens is 1. The van der Waals surface area contributed by atoms with Crippen molar-refractivity contribution in [3.63, 3.8) is 0 Å². The highest BCUT2D eigenvalue weighted by molar-refractivity contribution is 5.49. The molecule has 1 N–H and O–H groups in total. The van der Waals surface area contributed by atoms with Crippen LogP contribution in [0.4, 0.5) is 11.5 Å². The van der Waals surface area contributed by atoms with E-state index in [9.17, 15) is 10.1 Å². The lowest BCUT2D eigenvalue weighted by molar-refractivity contribution is -0.385. The van der Waals surface area contributed by atoms with Crippen molar-refractivity contribution < 1.29 is 9.66 Å². The Morgan fingerprint density at radius 3 is 3.00 bits per heavy atom. The van der Waals surface area contributed by atoms with E-state index in [1.807, 2.05) is 6.92 Å². The van der Waals surface area contributed by atoms with E-state index in [1.54, 1.807) is 6.92 Å². The van der Waals surface area contributed by atoms with E-state index < -0.39 is 4.92 Å². The first-order valence-corrected chi connectivity index (χ1v) is 5.57. The Morgan fingerprint density at radius 2 is 2.41 bits per heavy atom. The van der Waals surface area contributed by atoms with Crippen LogP contribution in [-0.2, 0) is 4.74 Å². The molecule has 6 heteroatoms. The van der Waals surface area contributed by atoms with Crippen LogP contribution in [0.3, 0.4) is 0 Å². The maximum Gasteiger partial charge on any atom is 0.277 e. The fourth-order valence-electron chi connectivity index (χ4n) is 1.90. The summed E-state index contributed by atoms with van der Waals surface area (Å²) in [5, 5.41) is 14.0. The van der Waals surface area contributed by atoms with Gasteiger partial charge in [-0.05, 0) is 20.3 Å². The molecule has 1 aromatic heterocycles. The zero-order chi connectivity index (χ0) is 12.4. The van der Waals surface area contributed by atoms with Gasteiger partial charge in [0.05, 0.1) is 23.1 Å². The Morgan fingerprint density at radius 1 is 1.65 bits per heavy atom. The summed E-state index contributed by atoms with van der Waals surface area (Å²) >= 11 is 0. The van der Waals surface area contributed by atoms with E-state index in [0.29, 0.717) is 18.0 Å². The molecular weight excluding hydrogens is 222 g/mol. The van der Waals surface area contributed by atoms with Gasteiger partial charge in [-0.1, -0.05) is 0 Å². The standard InChI is InChI=1S/C11H15N3O3/c1-7-6-12-11(5-10(7)14(15)16)13-9-3-4-17-8(9)2/h5-6,8-9H,3-4H2,1-2H3,(H,12,13). The van der Waals surface area contributed by atoms with E-state index in [0.717, 1.165) is 6.42 Å². The van der Waals surface area contributed by atoms with Crippen molar-refractivity contribution in [2.24, 2.45) is 0 Å². The second-order valence-electron chi connectivity index (χ2n) is 4.23. The Hall–Kier alpha value is -1.69. The second-order valence-corrected chi connectivity index (χ2v) is 4.23. The van der Waals surface area contributed by atoms with Crippen molar-refractivity contribution in [2.75, 3.05) is 11.9 Å². The molecule has 1 aliphatic heterocycles. The predicted octanol–water partition coefficient (Wildman–Crippen LogP) is 1.89. The van der Waals surface area contributed by atoms with Crippen molar-refractivity contribution in [3.05, 3.63) is 27.9 Å². The summed E-state index contributed by atoms with van der Waals surface area (Å²) in [6.45, 7) is 4.37. The smallest absolute Gasteiger partial charge is 0.277 e. The molecule has 2 rings (SSSR count). The molecule has 1 aromatic rings. The van der Waals surface area contributed by atoms with Crippen LogP contribution in [0.15, 0.2) is 12.3 Å². The van der Waals surface area contributed by atoms with Crippen LogP contribution < -0.4 is 5.32 Å². The van der Waals surface area contributed by atoms with Crippen LogP contribution >= 0.6 is 0 Å². The summed E-state index contributed by atoms with van der Waals surface area (Å²) in [7, 11) is 0. The number of pyridine rings is 1. The second kappa shape index (κ2) is 4.67. The molecule has 0 saturated carbocycles. The minimum absolute atomic E-state index is 0.0917. The van der Waals surface area contributed by atoms with Crippen LogP contribution in [-0.4, -0.2) is 28.7 Å². The number of rotatable bonds is 3. The molecule has 2 unspecified atom stereocenters. The Balaban J connectivity index is 2.16. The number of hydrogen-bond donors (Lipinski definition) is 1. The minimum Gasteiger partial charge on any atom is -0.376 e. The summed E-state index contributed by atoms with van der Waals surface area (Å²) in [4.78, 5) is 14.6. The van der Waals surface area contributed by atoms with Gasteiger partial charge < -0.3 is 10.1 Å². The van der Waals surface area contributed by atoms with Crippen molar-refractivity contribution in [1.82, 2.24) is 4.98 Å². The van der Waals surface area contributed by atoms with Gasteiger partial charge in [0.15, 0.2) is 0 Å². The largest absolute Gasteiger partial charge is 0.376 e. The molecular formula is C11H15N3O3. The van der Waals surface area contributed by atoms with Gasteiger partial charge in [0, 0.05) is 18.4 Å². The summed E-state index contributed by atoms with van der Waals surface area (Å²) in [6, 6.07) is 1.64. The molecule has 0 aliphatic carbocycles. The average Bonchev–Trinajstić information content (AvgIpc) is 2.67. The third-order valence-corrected chi connectivity index (χ3v) is 2.98. The molecule has 2 heterocycles. The quantitative estimate of drug-likeness (QED) is 0.641. The fraction of sp³-hybridized carbons (Fsp3) is 0.545. The first kappa shape index (κ1) is 11.8. The summed E-state index contributed by atoms with van der Waals surface area (Å²) < 4.78 is 5.41. The molecule has 17 heavy (non-hydrogen) atoms. The molecule has 0 aromatic carbocycles. The zero-order valence-corrected chi connectivity index (χ0v) is 9.84. The highest BCUT2D eigenvalue weighted by Crippen LogP contribution is 2.23. The lowest BCUT2D eigenvalue weighted by Gasteiger charge is -2.16. The molecule has 2 atom stereocenters. The van der Waals surface area contributed by atoms with Crippen LogP contribution in [0.2, 0.25) is 0 Å². The highest BCUT2D eigenvalue weighted by atomic mass is 16.6. The normalized spacial score (nSPS) is 23.6. The number of nitro groups is 1. The average molecular weight is 237 g/mol. The van der Waals surface area contributed by atoms with Crippen LogP contribution in [0.25, 0.3) is 0 Å². The van der Waals surface area contributed by atoms with Gasteiger partial charge in [-0.3, -0.25) is 10.1 Å². The van der Waals surface area contributed by atoms with Crippen molar-refractivity contribution in [3.8, 4) is 0 Å². The van der Waals surface area contributed by atoms with Gasteiger partial charge in [0.25, 0.3) is 5.69 Å². The summed E-state index contributed by atoms with van der Waals surface area (Å²) in [6.07, 6.45) is 2.52. The maximum absolute atomic E-state index is 10.8. The SMILES string of the molecule is Cc1cnc(NC2CCOC2C)cc1[N+](=O)[O-]. The predicted molar refractivity (Wildman–Crippen MR) is 63.1 cm³/mol. The van der Waals surface area contributed by atoms with Gasteiger partial charge in [-0.2, -0.15) is 0 Å². The van der Waals surface area contributed by atoms with Gasteiger partial charge in [-0.15, -0.1) is 0 Å². The summed E-state index contributed by atoms with van der Waals surface area (Å²) in [5.74, 6) is 0.532. The Bertz CT molecular complexity index is 436. The molecule has 1 saturated heterocycles. The van der Waals surface area contributed by atoms with Crippen molar-refractivity contribution in [1.29, 1.82) is 0 Å². The van der Waals surface area contributed by atoms with Crippen molar-refractivity contribution in [2.45, 2.75) is 32.4 Å².